The molecular weight excluding hydrogens is 358 g/mol. The summed E-state index contributed by atoms with van der Waals surface area (Å²) in [5.41, 5.74) is 1.67. The molecule has 2 heterocycles. The van der Waals surface area contributed by atoms with E-state index in [0.717, 1.165) is 21.6 Å². The first-order valence-corrected chi connectivity index (χ1v) is 10.00. The topological polar surface area (TPSA) is 63.7 Å². The predicted octanol–water partition coefficient (Wildman–Crippen LogP) is 3.44. The zero-order valence-corrected chi connectivity index (χ0v) is 15.1. The van der Waals surface area contributed by atoms with Crippen molar-refractivity contribution in [3.8, 4) is 0 Å². The van der Waals surface area contributed by atoms with E-state index in [2.05, 4.69) is 0 Å². The highest BCUT2D eigenvalue weighted by atomic mass is 32.2. The normalized spacial score (nSPS) is 13.9. The van der Waals surface area contributed by atoms with E-state index in [4.69, 9.17) is 4.74 Å². The van der Waals surface area contributed by atoms with Crippen molar-refractivity contribution < 1.29 is 17.9 Å². The number of hydrogen-bond donors (Lipinski definition) is 0. The van der Waals surface area contributed by atoms with E-state index in [0.29, 0.717) is 24.0 Å². The molecule has 4 rings (SSSR count). The molecule has 0 saturated carbocycles. The minimum atomic E-state index is -3.88. The number of fused-ring (bicyclic) bond motifs is 2. The number of ether oxygens (including phenoxy) is 1. The molecule has 25 heavy (non-hydrogen) atoms. The first-order valence-electron chi connectivity index (χ1n) is 7.74. The highest BCUT2D eigenvalue weighted by Gasteiger charge is 2.36. The minimum absolute atomic E-state index is 0.0386. The number of hydrogen-bond acceptors (Lipinski definition) is 5. The van der Waals surface area contributed by atoms with Gasteiger partial charge in [0.15, 0.2) is 0 Å². The molecule has 1 aliphatic heterocycles. The van der Waals surface area contributed by atoms with E-state index < -0.39 is 16.0 Å². The quantitative estimate of drug-likeness (QED) is 0.660. The minimum Gasteiger partial charge on any atom is -0.465 e. The van der Waals surface area contributed by atoms with Crippen molar-refractivity contribution in [1.82, 2.24) is 0 Å². The van der Waals surface area contributed by atoms with Gasteiger partial charge in [-0.2, -0.15) is 0 Å². The lowest BCUT2D eigenvalue weighted by Gasteiger charge is -2.20. The molecule has 0 saturated heterocycles. The van der Waals surface area contributed by atoms with Gasteiger partial charge < -0.3 is 4.74 Å². The molecule has 2 aromatic carbocycles. The Kier molecular flexibility index (Phi) is 3.77. The lowest BCUT2D eigenvalue weighted by Crippen LogP contribution is -2.30. The second-order valence-electron chi connectivity index (χ2n) is 5.70. The number of methoxy groups -OCH3 is 1. The van der Waals surface area contributed by atoms with Crippen molar-refractivity contribution in [2.45, 2.75) is 11.3 Å². The van der Waals surface area contributed by atoms with Crippen LogP contribution in [0.2, 0.25) is 0 Å². The van der Waals surface area contributed by atoms with Crippen LogP contribution in [0.1, 0.15) is 15.2 Å². The highest BCUT2D eigenvalue weighted by Crippen LogP contribution is 2.40. The molecule has 3 aromatic rings. The summed E-state index contributed by atoms with van der Waals surface area (Å²) in [4.78, 5) is 12.4. The fourth-order valence-electron chi connectivity index (χ4n) is 3.17. The van der Waals surface area contributed by atoms with Gasteiger partial charge in [0, 0.05) is 16.6 Å². The SMILES string of the molecule is COC(=O)c1sc2ccccc2c1S(=O)(=O)N1CCc2ccccc21. The first-order chi connectivity index (χ1) is 12.0. The van der Waals surface area contributed by atoms with Crippen LogP contribution in [0.4, 0.5) is 5.69 Å². The number of nitrogens with zero attached hydrogens (tertiary/aromatic N) is 1. The van der Waals surface area contributed by atoms with E-state index in [-0.39, 0.29) is 9.77 Å². The van der Waals surface area contributed by atoms with Gasteiger partial charge in [-0.3, -0.25) is 4.31 Å². The number of benzene rings is 2. The number of carbonyl (C=O) groups is 1. The molecule has 0 radical (unpaired) electrons. The smallest absolute Gasteiger partial charge is 0.349 e. The molecule has 5 nitrogen and oxygen atoms in total. The van der Waals surface area contributed by atoms with Crippen LogP contribution in [0.5, 0.6) is 0 Å². The summed E-state index contributed by atoms with van der Waals surface area (Å²) in [6.45, 7) is 0.368. The zero-order valence-electron chi connectivity index (χ0n) is 13.4. The van der Waals surface area contributed by atoms with Crippen molar-refractivity contribution in [2.24, 2.45) is 0 Å². The van der Waals surface area contributed by atoms with Gasteiger partial charge in [-0.1, -0.05) is 36.4 Å². The van der Waals surface area contributed by atoms with Crippen LogP contribution < -0.4 is 4.31 Å². The summed E-state index contributed by atoms with van der Waals surface area (Å²) >= 11 is 1.14. The van der Waals surface area contributed by atoms with E-state index in [1.807, 2.05) is 30.3 Å². The molecule has 0 N–H and O–H groups in total. The third-order valence-electron chi connectivity index (χ3n) is 4.31. The van der Waals surface area contributed by atoms with E-state index in [1.54, 1.807) is 18.2 Å². The standard InChI is InChI=1S/C18H15NO4S2/c1-23-18(20)16-17(13-7-3-5-9-15(13)24-16)25(21,22)19-11-10-12-6-2-4-8-14(12)19/h2-9H,10-11H2,1H3. The Morgan fingerprint density at radius 3 is 2.64 bits per heavy atom. The van der Waals surface area contributed by atoms with Crippen molar-refractivity contribution in [3.63, 3.8) is 0 Å². The van der Waals surface area contributed by atoms with E-state index >= 15 is 0 Å². The van der Waals surface area contributed by atoms with Crippen LogP contribution in [-0.4, -0.2) is 28.0 Å². The van der Waals surface area contributed by atoms with Gasteiger partial charge in [0.1, 0.15) is 9.77 Å². The van der Waals surface area contributed by atoms with Gasteiger partial charge >= 0.3 is 5.97 Å². The largest absolute Gasteiger partial charge is 0.465 e. The van der Waals surface area contributed by atoms with Gasteiger partial charge in [0.25, 0.3) is 10.0 Å². The second kappa shape index (κ2) is 5.86. The summed E-state index contributed by atoms with van der Waals surface area (Å²) in [5.74, 6) is -0.632. The monoisotopic (exact) mass is 373 g/mol. The molecule has 7 heteroatoms. The summed E-state index contributed by atoms with van der Waals surface area (Å²) in [6, 6.07) is 14.6. The maximum absolute atomic E-state index is 13.4. The molecule has 0 fully saturated rings. The average Bonchev–Trinajstić information content (AvgIpc) is 3.23. The second-order valence-corrected chi connectivity index (χ2v) is 8.56. The Hall–Kier alpha value is -2.38. The van der Waals surface area contributed by atoms with Crippen LogP contribution in [0, 0.1) is 0 Å². The van der Waals surface area contributed by atoms with Gasteiger partial charge in [-0.05, 0) is 24.1 Å². The van der Waals surface area contributed by atoms with E-state index in [1.165, 1.54) is 11.4 Å². The first kappa shape index (κ1) is 16.1. The number of rotatable bonds is 3. The lowest BCUT2D eigenvalue weighted by molar-refractivity contribution is 0.0602. The zero-order chi connectivity index (χ0) is 17.6. The fourth-order valence-corrected chi connectivity index (χ4v) is 6.46. The van der Waals surface area contributed by atoms with Crippen molar-refractivity contribution in [1.29, 1.82) is 0 Å². The maximum atomic E-state index is 13.4. The molecular formula is C18H15NO4S2. The molecule has 0 unspecified atom stereocenters. The molecule has 0 spiro atoms. The third kappa shape index (κ3) is 2.42. The lowest BCUT2D eigenvalue weighted by atomic mass is 10.2. The average molecular weight is 373 g/mol. The number of sulfonamides is 1. The number of esters is 1. The Bertz CT molecular complexity index is 1090. The molecule has 128 valence electrons. The van der Waals surface area contributed by atoms with Crippen molar-refractivity contribution >= 4 is 43.1 Å². The van der Waals surface area contributed by atoms with Gasteiger partial charge in [0.2, 0.25) is 0 Å². The van der Waals surface area contributed by atoms with Crippen molar-refractivity contribution in [3.05, 3.63) is 59.0 Å². The van der Waals surface area contributed by atoms with Crippen LogP contribution >= 0.6 is 11.3 Å². The number of carbonyl (C=O) groups excluding carboxylic acids is 1. The summed E-state index contributed by atoms with van der Waals surface area (Å²) in [7, 11) is -2.62. The molecule has 0 amide bonds. The van der Waals surface area contributed by atoms with Crippen LogP contribution in [-0.2, 0) is 21.2 Å². The molecule has 1 aromatic heterocycles. The Morgan fingerprint density at radius 2 is 1.84 bits per heavy atom. The van der Waals surface area contributed by atoms with Crippen LogP contribution in [0.15, 0.2) is 53.4 Å². The van der Waals surface area contributed by atoms with Gasteiger partial charge in [-0.25, -0.2) is 13.2 Å². The molecule has 1 aliphatic rings. The molecule has 0 atom stereocenters. The Morgan fingerprint density at radius 1 is 1.12 bits per heavy atom. The van der Waals surface area contributed by atoms with Crippen LogP contribution in [0.3, 0.4) is 0 Å². The molecule has 0 bridgehead atoms. The van der Waals surface area contributed by atoms with Gasteiger partial charge in [-0.15, -0.1) is 11.3 Å². The summed E-state index contributed by atoms with van der Waals surface area (Å²) < 4.78 is 33.8. The Labute approximate surface area is 149 Å². The van der Waals surface area contributed by atoms with E-state index in [9.17, 15) is 13.2 Å². The predicted molar refractivity (Wildman–Crippen MR) is 97.8 cm³/mol. The van der Waals surface area contributed by atoms with Gasteiger partial charge in [0.05, 0.1) is 12.8 Å². The fraction of sp³-hybridized carbons (Fsp3) is 0.167. The maximum Gasteiger partial charge on any atom is 0.349 e. The van der Waals surface area contributed by atoms with Crippen LogP contribution in [0.25, 0.3) is 10.1 Å². The highest BCUT2D eigenvalue weighted by molar-refractivity contribution is 7.93. The van der Waals surface area contributed by atoms with Crippen molar-refractivity contribution in [2.75, 3.05) is 18.0 Å². The third-order valence-corrected chi connectivity index (χ3v) is 7.49. The number of thiophene rings is 1. The number of para-hydroxylation sites is 1. The molecule has 0 aliphatic carbocycles. The Balaban J connectivity index is 1.96. The summed E-state index contributed by atoms with van der Waals surface area (Å²) in [6.07, 6.45) is 0.658. The summed E-state index contributed by atoms with van der Waals surface area (Å²) in [5, 5.41) is 0.553. The number of anilines is 1.